The predicted molar refractivity (Wildman–Crippen MR) is 101 cm³/mol. The molecule has 0 saturated carbocycles. The zero-order chi connectivity index (χ0) is 19.3. The number of carbonyl (C=O) groups is 1. The Kier molecular flexibility index (Phi) is 6.75. The van der Waals surface area contributed by atoms with Crippen LogP contribution in [0, 0.1) is 11.2 Å². The van der Waals surface area contributed by atoms with E-state index in [0.717, 1.165) is 11.1 Å². The number of rotatable bonds is 8. The van der Waals surface area contributed by atoms with E-state index < -0.39 is 18.0 Å². The van der Waals surface area contributed by atoms with Gasteiger partial charge in [0.05, 0.1) is 12.0 Å². The van der Waals surface area contributed by atoms with Gasteiger partial charge in [0.25, 0.3) is 0 Å². The average molecular weight is 380 g/mol. The first-order chi connectivity index (χ1) is 12.3. The molecule has 3 N–H and O–H groups in total. The highest BCUT2D eigenvalue weighted by atomic mass is 35.5. The van der Waals surface area contributed by atoms with Gasteiger partial charge in [0.1, 0.15) is 5.82 Å². The third-order valence-corrected chi connectivity index (χ3v) is 4.88. The molecule has 0 aliphatic heterocycles. The van der Waals surface area contributed by atoms with Crippen molar-refractivity contribution < 1.29 is 19.4 Å². The molecule has 140 valence electrons. The fourth-order valence-corrected chi connectivity index (χ4v) is 3.04. The van der Waals surface area contributed by atoms with Crippen LogP contribution in [-0.2, 0) is 11.2 Å². The minimum atomic E-state index is -1.20. The Morgan fingerprint density at radius 2 is 1.92 bits per heavy atom. The number of hydrogen-bond donors (Lipinski definition) is 3. The van der Waals surface area contributed by atoms with Gasteiger partial charge in [-0.3, -0.25) is 4.79 Å². The van der Waals surface area contributed by atoms with Gasteiger partial charge in [-0.05, 0) is 56.1 Å². The molecular weight excluding hydrogens is 357 g/mol. The number of halogens is 2. The summed E-state index contributed by atoms with van der Waals surface area (Å²) in [6.07, 6.45) is 0.887. The molecule has 2 aromatic carbocycles. The van der Waals surface area contributed by atoms with Crippen LogP contribution < -0.4 is 5.32 Å². The number of benzene rings is 2. The van der Waals surface area contributed by atoms with E-state index in [-0.39, 0.29) is 11.9 Å². The molecule has 0 radical (unpaired) electrons. The molecule has 0 aliphatic rings. The Morgan fingerprint density at radius 1 is 1.27 bits per heavy atom. The Balaban J connectivity index is 2.15. The number of carboxylic acids is 1. The summed E-state index contributed by atoms with van der Waals surface area (Å²) >= 11 is 5.94. The minimum absolute atomic E-state index is 0.114. The fraction of sp³-hybridized carbons (Fsp3) is 0.350. The molecule has 0 aromatic heterocycles. The molecule has 0 bridgehead atoms. The summed E-state index contributed by atoms with van der Waals surface area (Å²) in [7, 11) is 1.76. The molecule has 2 atom stereocenters. The Bertz CT molecular complexity index is 766. The number of likely N-dealkylation sites (N-methyl/N-ethyl adjacent to an activating group) is 1. The lowest BCUT2D eigenvalue weighted by Crippen LogP contribution is -2.40. The summed E-state index contributed by atoms with van der Waals surface area (Å²) in [5.41, 5.74) is 0.951. The molecule has 4 nitrogen and oxygen atoms in total. The maximum absolute atomic E-state index is 14.0. The van der Waals surface area contributed by atoms with Gasteiger partial charge < -0.3 is 15.5 Å². The smallest absolute Gasteiger partial charge is 0.311 e. The Labute approximate surface area is 157 Å². The van der Waals surface area contributed by atoms with E-state index in [0.29, 0.717) is 23.4 Å². The van der Waals surface area contributed by atoms with Crippen LogP contribution in [0.3, 0.4) is 0 Å². The molecule has 6 heteroatoms. The first-order valence-electron chi connectivity index (χ1n) is 8.35. The van der Waals surface area contributed by atoms with Crippen molar-refractivity contribution in [3.05, 3.63) is 58.9 Å². The van der Waals surface area contributed by atoms with Crippen LogP contribution in [0.15, 0.2) is 42.5 Å². The van der Waals surface area contributed by atoms with Crippen LogP contribution in [0.25, 0.3) is 11.1 Å². The molecule has 0 spiro atoms. The second kappa shape index (κ2) is 8.62. The first-order valence-corrected chi connectivity index (χ1v) is 8.73. The van der Waals surface area contributed by atoms with E-state index >= 15 is 0 Å². The van der Waals surface area contributed by atoms with Gasteiger partial charge in [-0.15, -0.1) is 0 Å². The second-order valence-electron chi connectivity index (χ2n) is 6.74. The maximum atomic E-state index is 14.0. The van der Waals surface area contributed by atoms with Crippen molar-refractivity contribution in [2.24, 2.45) is 5.41 Å². The van der Waals surface area contributed by atoms with Crippen molar-refractivity contribution in [2.75, 3.05) is 13.7 Å². The third-order valence-electron chi connectivity index (χ3n) is 4.65. The first kappa shape index (κ1) is 20.4. The van der Waals surface area contributed by atoms with E-state index in [2.05, 4.69) is 5.32 Å². The van der Waals surface area contributed by atoms with Gasteiger partial charge in [-0.25, -0.2) is 4.39 Å². The quantitative estimate of drug-likeness (QED) is 0.653. The number of aliphatic hydroxyl groups excluding tert-OH is 1. The van der Waals surface area contributed by atoms with Crippen LogP contribution in [0.4, 0.5) is 4.39 Å². The van der Waals surface area contributed by atoms with Crippen LogP contribution in [-0.4, -0.2) is 35.9 Å². The molecule has 2 aromatic rings. The fourth-order valence-electron chi connectivity index (χ4n) is 2.86. The standard InChI is InChI=1S/C20H23ClFNO3/c1-20(12-24,19(25)26)11-16(23-2)9-13-3-5-14(6-4-13)17-10-15(21)7-8-18(17)22/h3-8,10,16,23-24H,9,11-12H2,1-2H3,(H,25,26)/t16-,20+/m1/s1. The largest absolute Gasteiger partial charge is 0.481 e. The highest BCUT2D eigenvalue weighted by molar-refractivity contribution is 6.30. The molecule has 2 rings (SSSR count). The summed E-state index contributed by atoms with van der Waals surface area (Å²) in [6.45, 7) is 1.11. The molecule has 0 saturated heterocycles. The monoisotopic (exact) mass is 379 g/mol. The topological polar surface area (TPSA) is 69.6 Å². The van der Waals surface area contributed by atoms with Crippen LogP contribution >= 0.6 is 11.6 Å². The van der Waals surface area contributed by atoms with Gasteiger partial charge in [-0.2, -0.15) is 0 Å². The highest BCUT2D eigenvalue weighted by Gasteiger charge is 2.34. The lowest BCUT2D eigenvalue weighted by Gasteiger charge is -2.27. The number of carboxylic acid groups (broad SMARTS) is 1. The molecule has 0 amide bonds. The van der Waals surface area contributed by atoms with Gasteiger partial charge in [-0.1, -0.05) is 35.9 Å². The summed E-state index contributed by atoms with van der Waals surface area (Å²) in [5.74, 6) is -1.36. The molecule has 0 fully saturated rings. The lowest BCUT2D eigenvalue weighted by molar-refractivity contribution is -0.151. The SMILES string of the molecule is CN[C@H](Cc1ccc(-c2cc(Cl)ccc2F)cc1)C[C@@](C)(CO)C(=O)O. The van der Waals surface area contributed by atoms with Gasteiger partial charge in [0.15, 0.2) is 0 Å². The van der Waals surface area contributed by atoms with Crippen molar-refractivity contribution in [3.63, 3.8) is 0 Å². The number of nitrogens with one attached hydrogen (secondary N) is 1. The van der Waals surface area contributed by atoms with Crippen molar-refractivity contribution in [1.29, 1.82) is 0 Å². The normalized spacial score (nSPS) is 14.7. The van der Waals surface area contributed by atoms with E-state index in [9.17, 15) is 19.4 Å². The Hall–Kier alpha value is -1.95. The van der Waals surface area contributed by atoms with Crippen molar-refractivity contribution in [1.82, 2.24) is 5.32 Å². The number of aliphatic hydroxyl groups is 1. The zero-order valence-electron chi connectivity index (χ0n) is 14.8. The van der Waals surface area contributed by atoms with Crippen molar-refractivity contribution in [3.8, 4) is 11.1 Å². The summed E-state index contributed by atoms with van der Waals surface area (Å²) in [6, 6.07) is 11.7. The minimum Gasteiger partial charge on any atom is -0.481 e. The highest BCUT2D eigenvalue weighted by Crippen LogP contribution is 2.28. The van der Waals surface area contributed by atoms with Crippen LogP contribution in [0.5, 0.6) is 0 Å². The molecule has 0 heterocycles. The predicted octanol–water partition coefficient (Wildman–Crippen LogP) is 3.75. The molecule has 0 unspecified atom stereocenters. The van der Waals surface area contributed by atoms with E-state index in [1.807, 2.05) is 24.3 Å². The molecule has 0 aliphatic carbocycles. The summed E-state index contributed by atoms with van der Waals surface area (Å²) in [4.78, 5) is 11.4. The van der Waals surface area contributed by atoms with Gasteiger partial charge in [0.2, 0.25) is 0 Å². The molecule has 26 heavy (non-hydrogen) atoms. The second-order valence-corrected chi connectivity index (χ2v) is 7.18. The van der Waals surface area contributed by atoms with Gasteiger partial charge in [0, 0.05) is 16.6 Å². The van der Waals surface area contributed by atoms with Crippen LogP contribution in [0.1, 0.15) is 18.9 Å². The zero-order valence-corrected chi connectivity index (χ0v) is 15.6. The number of aliphatic carboxylic acids is 1. The van der Waals surface area contributed by atoms with E-state index in [1.54, 1.807) is 13.1 Å². The van der Waals surface area contributed by atoms with E-state index in [1.165, 1.54) is 19.1 Å². The van der Waals surface area contributed by atoms with Crippen LogP contribution in [0.2, 0.25) is 5.02 Å². The maximum Gasteiger partial charge on any atom is 0.311 e. The lowest BCUT2D eigenvalue weighted by atomic mass is 9.82. The summed E-state index contributed by atoms with van der Waals surface area (Å²) < 4.78 is 14.0. The average Bonchev–Trinajstić information content (AvgIpc) is 2.63. The van der Waals surface area contributed by atoms with Crippen molar-refractivity contribution in [2.45, 2.75) is 25.8 Å². The number of hydrogen-bond acceptors (Lipinski definition) is 3. The Morgan fingerprint density at radius 3 is 2.46 bits per heavy atom. The van der Waals surface area contributed by atoms with Gasteiger partial charge >= 0.3 is 5.97 Å². The summed E-state index contributed by atoms with van der Waals surface area (Å²) in [5, 5.41) is 22.3. The molecular formula is C20H23ClFNO3. The van der Waals surface area contributed by atoms with Crippen molar-refractivity contribution >= 4 is 17.6 Å². The third kappa shape index (κ3) is 4.81. The van der Waals surface area contributed by atoms with E-state index in [4.69, 9.17) is 11.6 Å².